The number of halogens is 3. The molecular formula is C33H30F3N3O4S. The summed E-state index contributed by atoms with van der Waals surface area (Å²) < 4.78 is 53.0. The van der Waals surface area contributed by atoms with Crippen LogP contribution in [0.25, 0.3) is 22.0 Å². The van der Waals surface area contributed by atoms with Crippen molar-refractivity contribution in [1.29, 1.82) is 0 Å². The Morgan fingerprint density at radius 2 is 1.66 bits per heavy atom. The quantitative estimate of drug-likeness (QED) is 0.213. The molecule has 0 unspecified atom stereocenters. The zero-order valence-corrected chi connectivity index (χ0v) is 24.6. The molecule has 7 nitrogen and oxygen atoms in total. The van der Waals surface area contributed by atoms with Crippen molar-refractivity contribution in [3.8, 4) is 28.4 Å². The molecule has 44 heavy (non-hydrogen) atoms. The maximum absolute atomic E-state index is 14.3. The van der Waals surface area contributed by atoms with Crippen molar-refractivity contribution in [2.45, 2.75) is 48.0 Å². The van der Waals surface area contributed by atoms with Crippen molar-refractivity contribution in [1.82, 2.24) is 14.8 Å². The summed E-state index contributed by atoms with van der Waals surface area (Å²) in [5.41, 5.74) is 3.07. The largest absolute Gasteiger partial charge is 0.573 e. The molecule has 0 aliphatic carbocycles. The molecule has 2 fully saturated rings. The second-order valence-electron chi connectivity index (χ2n) is 11.2. The summed E-state index contributed by atoms with van der Waals surface area (Å²) in [6.07, 6.45) is -0.429. The van der Waals surface area contributed by atoms with E-state index in [0.717, 1.165) is 49.0 Å². The van der Waals surface area contributed by atoms with Gasteiger partial charge in [-0.05, 0) is 104 Å². The standard InChI is InChI=1S/C33H30F3N3O4S/c34-33(35,36)43-24-7-9-25(10-8-24)44-31-18-27(32(40)39-15-3-4-23(39)19-38-13-1-2-14-38)26-16-21(5-11-28(26)37-31)22-6-12-29-30(17-22)42-20-41-29/h5-12,16-18,23H,1-4,13-15,19-20H2/t23-/m0/s1. The van der Waals surface area contributed by atoms with E-state index in [0.29, 0.717) is 39.0 Å². The molecular weight excluding hydrogens is 591 g/mol. The molecule has 228 valence electrons. The maximum Gasteiger partial charge on any atom is 0.573 e. The first-order valence-corrected chi connectivity index (χ1v) is 15.5. The second kappa shape index (κ2) is 11.9. The van der Waals surface area contributed by atoms with Gasteiger partial charge in [0.05, 0.1) is 11.1 Å². The molecule has 3 aliphatic heterocycles. The molecule has 1 atom stereocenters. The highest BCUT2D eigenvalue weighted by Gasteiger charge is 2.33. The highest BCUT2D eigenvalue weighted by Crippen LogP contribution is 2.38. The number of ether oxygens (including phenoxy) is 3. The molecule has 0 radical (unpaired) electrons. The number of rotatable bonds is 7. The molecule has 3 aliphatic rings. The fraction of sp³-hybridized carbons (Fsp3) is 0.333. The Labute approximate surface area is 256 Å². The van der Waals surface area contributed by atoms with E-state index in [1.54, 1.807) is 12.1 Å². The lowest BCUT2D eigenvalue weighted by atomic mass is 10.00. The number of likely N-dealkylation sites (tertiary alicyclic amines) is 2. The van der Waals surface area contributed by atoms with E-state index in [2.05, 4.69) is 9.64 Å². The Morgan fingerprint density at radius 3 is 2.45 bits per heavy atom. The number of hydrogen-bond acceptors (Lipinski definition) is 7. The van der Waals surface area contributed by atoms with Crippen molar-refractivity contribution in [3.63, 3.8) is 0 Å². The van der Waals surface area contributed by atoms with E-state index in [9.17, 15) is 18.0 Å². The predicted octanol–water partition coefficient (Wildman–Crippen LogP) is 7.38. The molecule has 7 rings (SSSR count). The van der Waals surface area contributed by atoms with Gasteiger partial charge in [0.25, 0.3) is 5.91 Å². The van der Waals surface area contributed by atoms with E-state index in [1.165, 1.54) is 36.7 Å². The monoisotopic (exact) mass is 621 g/mol. The Kier molecular flexibility index (Phi) is 7.75. The fourth-order valence-corrected chi connectivity index (χ4v) is 7.06. The van der Waals surface area contributed by atoms with Crippen LogP contribution in [0.2, 0.25) is 0 Å². The highest BCUT2D eigenvalue weighted by molar-refractivity contribution is 7.99. The van der Waals surface area contributed by atoms with Crippen LogP contribution >= 0.6 is 11.8 Å². The van der Waals surface area contributed by atoms with Crippen LogP contribution in [0.5, 0.6) is 17.2 Å². The van der Waals surface area contributed by atoms with Crippen molar-refractivity contribution in [2.24, 2.45) is 0 Å². The molecule has 3 aromatic carbocycles. The average molecular weight is 622 g/mol. The average Bonchev–Trinajstić information content (AvgIpc) is 3.79. The SMILES string of the molecule is O=C(c1cc(Sc2ccc(OC(F)(F)F)cc2)nc2ccc(-c3ccc4c(c3)OCO4)cc12)N1CCC[C@H]1CN1CCCC1. The van der Waals surface area contributed by atoms with Gasteiger partial charge in [0.15, 0.2) is 11.5 Å². The third kappa shape index (κ3) is 6.16. The van der Waals surface area contributed by atoms with E-state index >= 15 is 0 Å². The Bertz CT molecular complexity index is 1690. The first-order valence-electron chi connectivity index (χ1n) is 14.7. The van der Waals surface area contributed by atoms with Crippen LogP contribution in [-0.2, 0) is 0 Å². The summed E-state index contributed by atoms with van der Waals surface area (Å²) in [6.45, 7) is 3.91. The molecule has 1 aromatic heterocycles. The second-order valence-corrected chi connectivity index (χ2v) is 12.3. The smallest absolute Gasteiger partial charge is 0.454 e. The van der Waals surface area contributed by atoms with Crippen LogP contribution in [0, 0.1) is 0 Å². The van der Waals surface area contributed by atoms with E-state index in [-0.39, 0.29) is 24.5 Å². The number of amides is 1. The van der Waals surface area contributed by atoms with Gasteiger partial charge in [-0.2, -0.15) is 0 Å². The van der Waals surface area contributed by atoms with Crippen LogP contribution in [0.3, 0.4) is 0 Å². The summed E-state index contributed by atoms with van der Waals surface area (Å²) in [6, 6.07) is 19.2. The first kappa shape index (κ1) is 28.8. The van der Waals surface area contributed by atoms with Crippen molar-refractivity contribution in [3.05, 3.63) is 72.3 Å². The lowest BCUT2D eigenvalue weighted by molar-refractivity contribution is -0.274. The molecule has 11 heteroatoms. The number of carbonyl (C=O) groups is 1. The number of pyridine rings is 1. The fourth-order valence-electron chi connectivity index (χ4n) is 6.23. The lowest BCUT2D eigenvalue weighted by Gasteiger charge is -2.29. The number of benzene rings is 3. The van der Waals surface area contributed by atoms with E-state index in [4.69, 9.17) is 14.5 Å². The van der Waals surface area contributed by atoms with Gasteiger partial charge >= 0.3 is 6.36 Å². The van der Waals surface area contributed by atoms with Crippen LogP contribution in [0.4, 0.5) is 13.2 Å². The number of nitrogens with zero attached hydrogens (tertiary/aromatic N) is 3. The summed E-state index contributed by atoms with van der Waals surface area (Å²) >= 11 is 1.29. The minimum absolute atomic E-state index is 0.0299. The molecule has 4 heterocycles. The number of aromatic nitrogens is 1. The summed E-state index contributed by atoms with van der Waals surface area (Å²) in [5, 5.41) is 1.33. The van der Waals surface area contributed by atoms with Crippen LogP contribution in [0.1, 0.15) is 36.0 Å². The van der Waals surface area contributed by atoms with Crippen LogP contribution in [0.15, 0.2) is 76.7 Å². The molecule has 4 aromatic rings. The summed E-state index contributed by atoms with van der Waals surface area (Å²) in [5.74, 6) is 1.05. The van der Waals surface area contributed by atoms with Gasteiger partial charge in [0, 0.05) is 29.4 Å². The van der Waals surface area contributed by atoms with Crippen molar-refractivity contribution >= 4 is 28.6 Å². The van der Waals surface area contributed by atoms with Crippen molar-refractivity contribution < 1.29 is 32.2 Å². The minimum Gasteiger partial charge on any atom is -0.454 e. The Morgan fingerprint density at radius 1 is 0.909 bits per heavy atom. The molecule has 2 saturated heterocycles. The van der Waals surface area contributed by atoms with Crippen molar-refractivity contribution in [2.75, 3.05) is 33.0 Å². The topological polar surface area (TPSA) is 64.1 Å². The van der Waals surface area contributed by atoms with Gasteiger partial charge in [-0.15, -0.1) is 13.2 Å². The van der Waals surface area contributed by atoms with Gasteiger partial charge in [-0.25, -0.2) is 4.98 Å². The Hall–Kier alpha value is -3.96. The van der Waals surface area contributed by atoms with E-state index < -0.39 is 6.36 Å². The number of carbonyl (C=O) groups excluding carboxylic acids is 1. The maximum atomic E-state index is 14.3. The third-order valence-corrected chi connectivity index (χ3v) is 9.23. The first-order chi connectivity index (χ1) is 21.3. The minimum atomic E-state index is -4.76. The zero-order chi connectivity index (χ0) is 30.3. The molecule has 0 saturated carbocycles. The lowest BCUT2D eigenvalue weighted by Crippen LogP contribution is -2.42. The van der Waals surface area contributed by atoms with Crippen LogP contribution < -0.4 is 14.2 Å². The van der Waals surface area contributed by atoms with E-state index in [1.807, 2.05) is 47.4 Å². The predicted molar refractivity (Wildman–Crippen MR) is 160 cm³/mol. The van der Waals surface area contributed by atoms with Gasteiger partial charge in [-0.1, -0.05) is 23.9 Å². The molecule has 0 bridgehead atoms. The third-order valence-electron chi connectivity index (χ3n) is 8.31. The molecule has 0 N–H and O–H groups in total. The molecule has 1 amide bonds. The van der Waals surface area contributed by atoms with Gasteiger partial charge in [0.1, 0.15) is 10.8 Å². The summed E-state index contributed by atoms with van der Waals surface area (Å²) in [7, 11) is 0. The normalized spacial score (nSPS) is 18.3. The number of hydrogen-bond donors (Lipinski definition) is 0. The van der Waals surface area contributed by atoms with Gasteiger partial charge < -0.3 is 24.0 Å². The highest BCUT2D eigenvalue weighted by atomic mass is 32.2. The number of fused-ring (bicyclic) bond motifs is 2. The summed E-state index contributed by atoms with van der Waals surface area (Å²) in [4.78, 5) is 24.3. The van der Waals surface area contributed by atoms with Gasteiger partial charge in [-0.3, -0.25) is 4.79 Å². The molecule has 0 spiro atoms. The number of alkyl halides is 3. The van der Waals surface area contributed by atoms with Crippen LogP contribution in [-0.4, -0.2) is 66.1 Å². The Balaban J connectivity index is 1.24. The zero-order valence-electron chi connectivity index (χ0n) is 23.8. The van der Waals surface area contributed by atoms with Gasteiger partial charge in [0.2, 0.25) is 6.79 Å².